The first-order valence-corrected chi connectivity index (χ1v) is 11.2. The maximum atomic E-state index is 16.3. The molecule has 0 aromatic heterocycles. The minimum absolute atomic E-state index is 0.104. The Hall–Kier alpha value is -1.45. The number of halogens is 1. The molecule has 0 bridgehead atoms. The number of rotatable bonds is 3. The van der Waals surface area contributed by atoms with Crippen LogP contribution in [0, 0.1) is 0 Å². The summed E-state index contributed by atoms with van der Waals surface area (Å²) in [5, 5.41) is -0.104. The van der Waals surface area contributed by atoms with Crippen molar-refractivity contribution in [2.45, 2.75) is 50.0 Å². The molecule has 1 unspecified atom stereocenters. The number of ether oxygens (including phenoxy) is 1. The summed E-state index contributed by atoms with van der Waals surface area (Å²) in [6.07, 6.45) is 0. The standard InChI is InChI=1S/C20H25FOSi/c1-18(2,3)23(4,5)20(21)19(22-20,16-12-8-6-9-13-16)17-14-10-7-11-15-17/h6-15H,1-5H3. The molecule has 1 aliphatic heterocycles. The Labute approximate surface area is 139 Å². The van der Waals surface area contributed by atoms with E-state index < -0.39 is 19.2 Å². The van der Waals surface area contributed by atoms with Crippen LogP contribution in [0.1, 0.15) is 31.9 Å². The predicted molar refractivity (Wildman–Crippen MR) is 95.8 cm³/mol. The van der Waals surface area contributed by atoms with Crippen LogP contribution in [0.15, 0.2) is 60.7 Å². The molecule has 0 amide bonds. The first kappa shape index (κ1) is 16.4. The van der Waals surface area contributed by atoms with Gasteiger partial charge in [-0.1, -0.05) is 94.5 Å². The lowest BCUT2D eigenvalue weighted by atomic mass is 9.91. The third-order valence-electron chi connectivity index (χ3n) is 5.74. The maximum Gasteiger partial charge on any atom is 0.229 e. The zero-order valence-electron chi connectivity index (χ0n) is 14.6. The van der Waals surface area contributed by atoms with E-state index in [1.807, 2.05) is 60.7 Å². The van der Waals surface area contributed by atoms with Crippen molar-refractivity contribution in [2.24, 2.45) is 0 Å². The summed E-state index contributed by atoms with van der Waals surface area (Å²) in [5.74, 6) is 0. The molecule has 1 saturated heterocycles. The minimum Gasteiger partial charge on any atom is -0.324 e. The summed E-state index contributed by atoms with van der Waals surface area (Å²) in [4.78, 5) is 0. The number of epoxide rings is 1. The molecule has 1 heterocycles. The average Bonchev–Trinajstić information content (AvgIpc) is 3.18. The SMILES string of the molecule is CC(C)(C)[Si](C)(C)C1(F)OC1(c1ccccc1)c1ccccc1. The summed E-state index contributed by atoms with van der Waals surface area (Å²) >= 11 is 0. The largest absolute Gasteiger partial charge is 0.324 e. The number of benzene rings is 2. The molecule has 1 aliphatic rings. The van der Waals surface area contributed by atoms with Crippen molar-refractivity contribution in [3.8, 4) is 0 Å². The van der Waals surface area contributed by atoms with E-state index in [0.29, 0.717) is 0 Å². The summed E-state index contributed by atoms with van der Waals surface area (Å²) in [5.41, 5.74) is -0.781. The van der Waals surface area contributed by atoms with E-state index in [2.05, 4.69) is 33.9 Å². The van der Waals surface area contributed by atoms with Crippen LogP contribution in [-0.2, 0) is 10.3 Å². The molecule has 0 radical (unpaired) electrons. The van der Waals surface area contributed by atoms with Crippen LogP contribution in [0.5, 0.6) is 0 Å². The number of hydrogen-bond donors (Lipinski definition) is 0. The van der Waals surface area contributed by atoms with Gasteiger partial charge in [0.2, 0.25) is 5.48 Å². The van der Waals surface area contributed by atoms with Crippen LogP contribution in [0.25, 0.3) is 0 Å². The Balaban J connectivity index is 2.19. The molecule has 3 heteroatoms. The Bertz CT molecular complexity index is 651. The Morgan fingerprint density at radius 1 is 0.826 bits per heavy atom. The lowest BCUT2D eigenvalue weighted by Crippen LogP contribution is -2.53. The van der Waals surface area contributed by atoms with Gasteiger partial charge in [-0.25, -0.2) is 4.39 Å². The smallest absolute Gasteiger partial charge is 0.229 e. The van der Waals surface area contributed by atoms with Crippen molar-refractivity contribution in [3.05, 3.63) is 71.8 Å². The van der Waals surface area contributed by atoms with Gasteiger partial charge in [0.15, 0.2) is 5.60 Å². The molecule has 0 aliphatic carbocycles. The van der Waals surface area contributed by atoms with Gasteiger partial charge < -0.3 is 4.74 Å². The molecular formula is C20H25FOSi. The fraction of sp³-hybridized carbons (Fsp3) is 0.400. The summed E-state index contributed by atoms with van der Waals surface area (Å²) in [6, 6.07) is 19.6. The third kappa shape index (κ3) is 2.13. The molecule has 0 spiro atoms. The average molecular weight is 329 g/mol. The van der Waals surface area contributed by atoms with E-state index in [1.54, 1.807) is 0 Å². The molecule has 1 atom stereocenters. The summed E-state index contributed by atoms with van der Waals surface area (Å²) in [7, 11) is -2.39. The van der Waals surface area contributed by atoms with Crippen LogP contribution in [0.4, 0.5) is 4.39 Å². The first-order valence-electron chi connectivity index (χ1n) is 8.17. The van der Waals surface area contributed by atoms with E-state index in [1.165, 1.54) is 0 Å². The highest BCUT2D eigenvalue weighted by Gasteiger charge is 2.81. The van der Waals surface area contributed by atoms with Gasteiger partial charge in [0.25, 0.3) is 0 Å². The topological polar surface area (TPSA) is 12.5 Å². The number of alkyl halides is 1. The maximum absolute atomic E-state index is 16.3. The molecule has 3 rings (SSSR count). The lowest BCUT2D eigenvalue weighted by Gasteiger charge is -2.39. The van der Waals surface area contributed by atoms with Gasteiger partial charge >= 0.3 is 0 Å². The molecule has 0 saturated carbocycles. The van der Waals surface area contributed by atoms with Gasteiger partial charge in [0, 0.05) is 0 Å². The van der Waals surface area contributed by atoms with E-state index in [4.69, 9.17) is 4.74 Å². The molecule has 23 heavy (non-hydrogen) atoms. The highest BCUT2D eigenvalue weighted by molar-refractivity contribution is 6.83. The van der Waals surface area contributed by atoms with Crippen molar-refractivity contribution >= 4 is 8.07 Å². The van der Waals surface area contributed by atoms with Gasteiger partial charge in [-0.15, -0.1) is 0 Å². The monoisotopic (exact) mass is 328 g/mol. The molecular weight excluding hydrogens is 303 g/mol. The highest BCUT2D eigenvalue weighted by Crippen LogP contribution is 2.68. The summed E-state index contributed by atoms with van der Waals surface area (Å²) < 4.78 is 22.4. The van der Waals surface area contributed by atoms with Gasteiger partial charge in [-0.05, 0) is 16.2 Å². The second-order valence-corrected chi connectivity index (χ2v) is 13.4. The Morgan fingerprint density at radius 2 is 1.22 bits per heavy atom. The normalized spacial score (nSPS) is 23.6. The lowest BCUT2D eigenvalue weighted by molar-refractivity contribution is 0.204. The van der Waals surface area contributed by atoms with E-state index >= 15 is 4.39 Å². The fourth-order valence-corrected chi connectivity index (χ4v) is 5.78. The molecule has 122 valence electrons. The van der Waals surface area contributed by atoms with Crippen molar-refractivity contribution in [1.82, 2.24) is 0 Å². The van der Waals surface area contributed by atoms with Crippen molar-refractivity contribution < 1.29 is 9.13 Å². The van der Waals surface area contributed by atoms with E-state index in [9.17, 15) is 0 Å². The molecule has 1 nitrogen and oxygen atoms in total. The third-order valence-corrected chi connectivity index (χ3v) is 11.6. The molecule has 1 fully saturated rings. The predicted octanol–water partition coefficient (Wildman–Crippen LogP) is 5.67. The molecule has 2 aromatic rings. The van der Waals surface area contributed by atoms with Gasteiger partial charge in [-0.2, -0.15) is 0 Å². The van der Waals surface area contributed by atoms with Crippen molar-refractivity contribution in [2.75, 3.05) is 0 Å². The van der Waals surface area contributed by atoms with Crippen LogP contribution in [0.3, 0.4) is 0 Å². The Kier molecular flexibility index (Phi) is 3.58. The molecule has 2 aromatic carbocycles. The van der Waals surface area contributed by atoms with Crippen LogP contribution in [0.2, 0.25) is 18.1 Å². The Morgan fingerprint density at radius 3 is 1.57 bits per heavy atom. The van der Waals surface area contributed by atoms with Gasteiger partial charge in [0.05, 0.1) is 0 Å². The zero-order chi connectivity index (χ0) is 16.9. The second-order valence-electron chi connectivity index (χ2n) is 7.99. The molecule has 0 N–H and O–H groups in total. The van der Waals surface area contributed by atoms with E-state index in [-0.39, 0.29) is 5.04 Å². The van der Waals surface area contributed by atoms with Crippen LogP contribution < -0.4 is 0 Å². The zero-order valence-corrected chi connectivity index (χ0v) is 15.6. The van der Waals surface area contributed by atoms with Crippen LogP contribution >= 0.6 is 0 Å². The first-order chi connectivity index (χ1) is 10.7. The highest BCUT2D eigenvalue weighted by atomic mass is 28.3. The van der Waals surface area contributed by atoms with E-state index in [0.717, 1.165) is 11.1 Å². The van der Waals surface area contributed by atoms with Crippen molar-refractivity contribution in [1.29, 1.82) is 0 Å². The fourth-order valence-electron chi connectivity index (χ4n) is 3.24. The van der Waals surface area contributed by atoms with Crippen LogP contribution in [-0.4, -0.2) is 13.6 Å². The van der Waals surface area contributed by atoms with Gasteiger partial charge in [-0.3, -0.25) is 0 Å². The van der Waals surface area contributed by atoms with Crippen molar-refractivity contribution in [3.63, 3.8) is 0 Å². The van der Waals surface area contributed by atoms with Gasteiger partial charge in [0.1, 0.15) is 8.07 Å². The minimum atomic E-state index is -2.39. The number of hydrogen-bond acceptors (Lipinski definition) is 1. The second kappa shape index (κ2) is 5.02. The summed E-state index contributed by atoms with van der Waals surface area (Å²) in [6.45, 7) is 10.6. The quantitative estimate of drug-likeness (QED) is 0.522.